The zero-order chi connectivity index (χ0) is 16.9. The van der Waals surface area contributed by atoms with Crippen molar-refractivity contribution in [1.82, 2.24) is 20.4 Å². The molecule has 2 amide bonds. The number of rotatable bonds is 4. The zero-order valence-corrected chi connectivity index (χ0v) is 14.1. The Morgan fingerprint density at radius 1 is 1.42 bits per heavy atom. The molecule has 2 aromatic rings. The van der Waals surface area contributed by atoms with E-state index in [9.17, 15) is 4.79 Å². The summed E-state index contributed by atoms with van der Waals surface area (Å²) in [6.45, 7) is 1.54. The van der Waals surface area contributed by atoms with E-state index in [1.807, 2.05) is 18.2 Å². The Bertz CT molecular complexity index is 698. The first-order chi connectivity index (χ1) is 11.7. The molecule has 1 fully saturated rings. The van der Waals surface area contributed by atoms with Gasteiger partial charge >= 0.3 is 6.03 Å². The van der Waals surface area contributed by atoms with Crippen molar-refractivity contribution in [2.24, 2.45) is 0 Å². The van der Waals surface area contributed by atoms with Crippen molar-refractivity contribution in [3.05, 3.63) is 35.2 Å². The summed E-state index contributed by atoms with van der Waals surface area (Å²) in [5.41, 5.74) is 0.696. The number of piperidine rings is 1. The Kier molecular flexibility index (Phi) is 5.32. The standard InChI is InChI=1S/C16H19ClN4O3/c1-23-11-6-8-21(9-7-11)16(22)18-10-14-19-15(20-24-14)12-4-2-3-5-13(12)17/h2-5,11H,6-10H2,1H3,(H,18,22). The maximum Gasteiger partial charge on any atom is 0.317 e. The van der Waals surface area contributed by atoms with Crippen molar-refractivity contribution in [1.29, 1.82) is 0 Å². The SMILES string of the molecule is COC1CCN(C(=O)NCc2nc(-c3ccccc3Cl)no2)CC1. The number of amides is 2. The van der Waals surface area contributed by atoms with E-state index in [2.05, 4.69) is 15.5 Å². The first kappa shape index (κ1) is 16.7. The van der Waals surface area contributed by atoms with Gasteiger partial charge in [-0.05, 0) is 25.0 Å². The number of methoxy groups -OCH3 is 1. The summed E-state index contributed by atoms with van der Waals surface area (Å²) >= 11 is 6.11. The maximum absolute atomic E-state index is 12.2. The van der Waals surface area contributed by atoms with Gasteiger partial charge in [0.05, 0.1) is 17.7 Å². The van der Waals surface area contributed by atoms with E-state index in [4.69, 9.17) is 20.9 Å². The highest BCUT2D eigenvalue weighted by Crippen LogP contribution is 2.24. The van der Waals surface area contributed by atoms with E-state index in [0.29, 0.717) is 35.4 Å². The molecule has 24 heavy (non-hydrogen) atoms. The topological polar surface area (TPSA) is 80.5 Å². The lowest BCUT2D eigenvalue weighted by molar-refractivity contribution is 0.0502. The number of aromatic nitrogens is 2. The van der Waals surface area contributed by atoms with E-state index in [1.165, 1.54) is 0 Å². The molecule has 0 atom stereocenters. The van der Waals surface area contributed by atoms with E-state index in [-0.39, 0.29) is 18.7 Å². The monoisotopic (exact) mass is 350 g/mol. The summed E-state index contributed by atoms with van der Waals surface area (Å²) in [4.78, 5) is 18.2. The van der Waals surface area contributed by atoms with Gasteiger partial charge < -0.3 is 19.5 Å². The number of likely N-dealkylation sites (tertiary alicyclic amines) is 1. The second-order valence-electron chi connectivity index (χ2n) is 5.57. The third kappa shape index (κ3) is 3.85. The molecule has 1 aromatic carbocycles. The highest BCUT2D eigenvalue weighted by molar-refractivity contribution is 6.33. The van der Waals surface area contributed by atoms with Gasteiger partial charge in [0.2, 0.25) is 11.7 Å². The molecule has 0 unspecified atom stereocenters. The van der Waals surface area contributed by atoms with Crippen LogP contribution in [0.2, 0.25) is 5.02 Å². The fourth-order valence-corrected chi connectivity index (χ4v) is 2.86. The van der Waals surface area contributed by atoms with Crippen molar-refractivity contribution < 1.29 is 14.1 Å². The minimum atomic E-state index is -0.137. The number of nitrogens with zero attached hydrogens (tertiary/aromatic N) is 3. The fraction of sp³-hybridized carbons (Fsp3) is 0.438. The smallest absolute Gasteiger partial charge is 0.317 e. The fourth-order valence-electron chi connectivity index (χ4n) is 2.64. The first-order valence-electron chi connectivity index (χ1n) is 7.80. The molecular weight excluding hydrogens is 332 g/mol. The van der Waals surface area contributed by atoms with Gasteiger partial charge in [-0.1, -0.05) is 28.9 Å². The van der Waals surface area contributed by atoms with Crippen LogP contribution in [-0.4, -0.2) is 47.4 Å². The van der Waals surface area contributed by atoms with Gasteiger partial charge in [0.25, 0.3) is 0 Å². The van der Waals surface area contributed by atoms with Crippen LogP contribution in [0.3, 0.4) is 0 Å². The van der Waals surface area contributed by atoms with Crippen LogP contribution in [-0.2, 0) is 11.3 Å². The Balaban J connectivity index is 1.54. The average Bonchev–Trinajstić information content (AvgIpc) is 3.09. The number of carbonyl (C=O) groups excluding carboxylic acids is 1. The molecule has 1 aromatic heterocycles. The number of halogens is 1. The first-order valence-corrected chi connectivity index (χ1v) is 8.18. The summed E-state index contributed by atoms with van der Waals surface area (Å²) in [5.74, 6) is 0.746. The van der Waals surface area contributed by atoms with Gasteiger partial charge in [0.15, 0.2) is 0 Å². The lowest BCUT2D eigenvalue weighted by atomic mass is 10.1. The number of hydrogen-bond donors (Lipinski definition) is 1. The van der Waals surface area contributed by atoms with Gasteiger partial charge in [-0.25, -0.2) is 4.79 Å². The molecule has 1 N–H and O–H groups in total. The van der Waals surface area contributed by atoms with Gasteiger partial charge in [-0.15, -0.1) is 0 Å². The van der Waals surface area contributed by atoms with Crippen LogP contribution in [0.5, 0.6) is 0 Å². The Morgan fingerprint density at radius 3 is 2.88 bits per heavy atom. The number of ether oxygens (including phenoxy) is 1. The number of urea groups is 1. The molecule has 8 heteroatoms. The summed E-state index contributed by atoms with van der Waals surface area (Å²) in [6.07, 6.45) is 1.94. The quantitative estimate of drug-likeness (QED) is 0.917. The molecule has 7 nitrogen and oxygen atoms in total. The minimum Gasteiger partial charge on any atom is -0.381 e. The minimum absolute atomic E-state index is 0.137. The second-order valence-corrected chi connectivity index (χ2v) is 5.98. The van der Waals surface area contributed by atoms with E-state index in [0.717, 1.165) is 12.8 Å². The number of nitrogens with one attached hydrogen (secondary N) is 1. The molecule has 1 saturated heterocycles. The molecule has 1 aliphatic heterocycles. The molecule has 0 spiro atoms. The van der Waals surface area contributed by atoms with Gasteiger partial charge in [0, 0.05) is 25.8 Å². The molecule has 3 rings (SSSR count). The third-order valence-corrected chi connectivity index (χ3v) is 4.37. The lowest BCUT2D eigenvalue weighted by Gasteiger charge is -2.31. The van der Waals surface area contributed by atoms with E-state index < -0.39 is 0 Å². The highest BCUT2D eigenvalue weighted by Gasteiger charge is 2.22. The van der Waals surface area contributed by atoms with Crippen LogP contribution in [0.1, 0.15) is 18.7 Å². The molecule has 0 saturated carbocycles. The van der Waals surface area contributed by atoms with Crippen LogP contribution in [0, 0.1) is 0 Å². The Hall–Kier alpha value is -2.12. The molecule has 1 aliphatic rings. The Labute approximate surface area is 144 Å². The third-order valence-electron chi connectivity index (χ3n) is 4.04. The van der Waals surface area contributed by atoms with Crippen molar-refractivity contribution in [3.8, 4) is 11.4 Å². The van der Waals surface area contributed by atoms with Gasteiger partial charge in [0.1, 0.15) is 0 Å². The molecule has 0 radical (unpaired) electrons. The van der Waals surface area contributed by atoms with E-state index >= 15 is 0 Å². The molecule has 0 aliphatic carbocycles. The van der Waals surface area contributed by atoms with E-state index in [1.54, 1.807) is 18.1 Å². The van der Waals surface area contributed by atoms with Gasteiger partial charge in [-0.2, -0.15) is 4.98 Å². The molecular formula is C16H19ClN4O3. The summed E-state index contributed by atoms with van der Waals surface area (Å²) in [7, 11) is 1.70. The van der Waals surface area contributed by atoms with Crippen LogP contribution < -0.4 is 5.32 Å². The van der Waals surface area contributed by atoms with Crippen molar-refractivity contribution in [2.45, 2.75) is 25.5 Å². The van der Waals surface area contributed by atoms with Crippen LogP contribution in [0.4, 0.5) is 4.79 Å². The molecule has 128 valence electrons. The predicted molar refractivity (Wildman–Crippen MR) is 88.6 cm³/mol. The van der Waals surface area contributed by atoms with Crippen LogP contribution in [0.25, 0.3) is 11.4 Å². The zero-order valence-electron chi connectivity index (χ0n) is 13.4. The van der Waals surface area contributed by atoms with Crippen molar-refractivity contribution in [2.75, 3.05) is 20.2 Å². The second kappa shape index (κ2) is 7.63. The number of hydrogen-bond acceptors (Lipinski definition) is 5. The average molecular weight is 351 g/mol. The summed E-state index contributed by atoms with van der Waals surface area (Å²) < 4.78 is 10.5. The predicted octanol–water partition coefficient (Wildman–Crippen LogP) is 2.71. The highest BCUT2D eigenvalue weighted by atomic mass is 35.5. The largest absolute Gasteiger partial charge is 0.381 e. The van der Waals surface area contributed by atoms with Crippen LogP contribution in [0.15, 0.2) is 28.8 Å². The van der Waals surface area contributed by atoms with Crippen molar-refractivity contribution >= 4 is 17.6 Å². The Morgan fingerprint density at radius 2 is 2.17 bits per heavy atom. The summed E-state index contributed by atoms with van der Waals surface area (Å²) in [5, 5.41) is 7.26. The number of carbonyl (C=O) groups is 1. The lowest BCUT2D eigenvalue weighted by Crippen LogP contribution is -2.45. The molecule has 0 bridgehead atoms. The molecule has 2 heterocycles. The van der Waals surface area contributed by atoms with Crippen molar-refractivity contribution in [3.63, 3.8) is 0 Å². The normalized spacial score (nSPS) is 15.5. The van der Waals surface area contributed by atoms with Crippen LogP contribution >= 0.6 is 11.6 Å². The van der Waals surface area contributed by atoms with Gasteiger partial charge in [-0.3, -0.25) is 0 Å². The number of benzene rings is 1. The maximum atomic E-state index is 12.2. The summed E-state index contributed by atoms with van der Waals surface area (Å²) in [6, 6.07) is 7.12.